The minimum atomic E-state index is -0.432. The largest absolute Gasteiger partial charge is 0.484 e. The molecule has 0 radical (unpaired) electrons. The van der Waals surface area contributed by atoms with E-state index in [1.54, 1.807) is 48.5 Å². The summed E-state index contributed by atoms with van der Waals surface area (Å²) in [7, 11) is 0. The van der Waals surface area contributed by atoms with E-state index in [-0.39, 0.29) is 12.4 Å². The smallest absolute Gasteiger partial charge is 0.277 e. The van der Waals surface area contributed by atoms with Crippen molar-refractivity contribution in [2.45, 2.75) is 0 Å². The lowest BCUT2D eigenvalue weighted by Gasteiger charge is -2.04. The molecule has 0 saturated heterocycles. The lowest BCUT2D eigenvalue weighted by molar-refractivity contribution is -0.123. The van der Waals surface area contributed by atoms with Gasteiger partial charge >= 0.3 is 0 Å². The van der Waals surface area contributed by atoms with E-state index in [2.05, 4.69) is 10.5 Å². The molecule has 1 aromatic heterocycles. The Labute approximate surface area is 154 Å². The van der Waals surface area contributed by atoms with Crippen molar-refractivity contribution in [1.82, 2.24) is 5.43 Å². The van der Waals surface area contributed by atoms with Crippen LogP contribution < -0.4 is 10.2 Å². The number of furan rings is 1. The summed E-state index contributed by atoms with van der Waals surface area (Å²) in [6, 6.07) is 16.1. The molecule has 0 atom stereocenters. The van der Waals surface area contributed by atoms with Crippen LogP contribution >= 0.6 is 11.6 Å². The number of nitrogens with one attached hydrogen (secondary N) is 1. The Morgan fingerprint density at radius 2 is 2.04 bits per heavy atom. The van der Waals surface area contributed by atoms with Crippen LogP contribution in [0.25, 0.3) is 11.3 Å². The molecule has 132 valence electrons. The van der Waals surface area contributed by atoms with Gasteiger partial charge in [-0.1, -0.05) is 29.8 Å². The Morgan fingerprint density at radius 3 is 2.85 bits per heavy atom. The van der Waals surface area contributed by atoms with E-state index in [1.165, 1.54) is 18.3 Å². The van der Waals surface area contributed by atoms with Gasteiger partial charge in [-0.05, 0) is 42.5 Å². The summed E-state index contributed by atoms with van der Waals surface area (Å²) in [5, 5.41) is 4.32. The number of halogens is 2. The fourth-order valence-electron chi connectivity index (χ4n) is 2.12. The number of ether oxygens (including phenoxy) is 1. The zero-order valence-corrected chi connectivity index (χ0v) is 14.2. The molecule has 1 amide bonds. The van der Waals surface area contributed by atoms with Gasteiger partial charge in [-0.2, -0.15) is 5.10 Å². The molecule has 1 N–H and O–H groups in total. The average molecular weight is 373 g/mol. The summed E-state index contributed by atoms with van der Waals surface area (Å²) in [6.07, 6.45) is 1.35. The molecular weight excluding hydrogens is 359 g/mol. The van der Waals surface area contributed by atoms with Crippen molar-refractivity contribution in [3.8, 4) is 17.1 Å². The predicted octanol–water partition coefficient (Wildman–Crippen LogP) is 4.27. The molecule has 0 saturated carbocycles. The fraction of sp³-hybridized carbons (Fsp3) is 0.0526. The van der Waals surface area contributed by atoms with Crippen LogP contribution in [0.4, 0.5) is 4.39 Å². The van der Waals surface area contributed by atoms with Crippen molar-refractivity contribution in [3.05, 3.63) is 77.3 Å². The second-order valence-electron chi connectivity index (χ2n) is 5.25. The van der Waals surface area contributed by atoms with Crippen LogP contribution in [0.15, 0.2) is 70.2 Å². The lowest BCUT2D eigenvalue weighted by atomic mass is 10.2. The van der Waals surface area contributed by atoms with E-state index < -0.39 is 5.91 Å². The molecule has 0 fully saturated rings. The number of hydrazone groups is 1. The van der Waals surface area contributed by atoms with Gasteiger partial charge in [0, 0.05) is 10.6 Å². The zero-order chi connectivity index (χ0) is 18.4. The maximum Gasteiger partial charge on any atom is 0.277 e. The monoisotopic (exact) mass is 372 g/mol. The van der Waals surface area contributed by atoms with Gasteiger partial charge in [-0.15, -0.1) is 0 Å². The first-order valence-electron chi connectivity index (χ1n) is 7.66. The van der Waals surface area contributed by atoms with Crippen LogP contribution in [0.1, 0.15) is 5.76 Å². The van der Waals surface area contributed by atoms with Crippen molar-refractivity contribution in [2.24, 2.45) is 5.10 Å². The summed E-state index contributed by atoms with van der Waals surface area (Å²) in [5.41, 5.74) is 2.94. The molecule has 0 spiro atoms. The normalized spacial score (nSPS) is 10.8. The molecular formula is C19H14ClFN2O3. The van der Waals surface area contributed by atoms with E-state index in [4.69, 9.17) is 20.8 Å². The van der Waals surface area contributed by atoms with Gasteiger partial charge in [0.15, 0.2) is 6.61 Å². The van der Waals surface area contributed by atoms with Gasteiger partial charge in [0.1, 0.15) is 23.1 Å². The standard InChI is InChI=1S/C19H14ClFN2O3/c20-14-4-2-6-16(10-14)25-12-19(24)23-22-11-17-7-8-18(26-17)13-3-1-5-15(21)9-13/h1-11H,12H2,(H,23,24)/b22-11+. The highest BCUT2D eigenvalue weighted by Gasteiger charge is 2.05. The predicted molar refractivity (Wildman–Crippen MR) is 96.8 cm³/mol. The summed E-state index contributed by atoms with van der Waals surface area (Å²) in [6.45, 7) is -0.204. The van der Waals surface area contributed by atoms with Gasteiger partial charge in [0.05, 0.1) is 6.21 Å². The number of benzene rings is 2. The van der Waals surface area contributed by atoms with Crippen molar-refractivity contribution in [2.75, 3.05) is 6.61 Å². The highest BCUT2D eigenvalue weighted by Crippen LogP contribution is 2.22. The van der Waals surface area contributed by atoms with Crippen LogP contribution in [0, 0.1) is 5.82 Å². The summed E-state index contributed by atoms with van der Waals surface area (Å²) in [5.74, 6) is 0.628. The Kier molecular flexibility index (Phi) is 5.66. The van der Waals surface area contributed by atoms with Gasteiger partial charge in [0.2, 0.25) is 0 Å². The van der Waals surface area contributed by atoms with Crippen LogP contribution in [0.3, 0.4) is 0 Å². The molecule has 0 unspecified atom stereocenters. The number of nitrogens with zero attached hydrogens (tertiary/aromatic N) is 1. The quantitative estimate of drug-likeness (QED) is 0.519. The molecule has 5 nitrogen and oxygen atoms in total. The fourth-order valence-corrected chi connectivity index (χ4v) is 2.31. The van der Waals surface area contributed by atoms with Gasteiger partial charge in [-0.3, -0.25) is 4.79 Å². The lowest BCUT2D eigenvalue weighted by Crippen LogP contribution is -2.24. The number of rotatable bonds is 6. The maximum atomic E-state index is 13.2. The van der Waals surface area contributed by atoms with E-state index in [1.807, 2.05) is 0 Å². The summed E-state index contributed by atoms with van der Waals surface area (Å²) >= 11 is 5.83. The summed E-state index contributed by atoms with van der Waals surface area (Å²) in [4.78, 5) is 11.7. The van der Waals surface area contributed by atoms with Crippen molar-refractivity contribution >= 4 is 23.7 Å². The minimum absolute atomic E-state index is 0.204. The first-order valence-corrected chi connectivity index (χ1v) is 8.04. The van der Waals surface area contributed by atoms with E-state index in [0.29, 0.717) is 27.9 Å². The first-order chi connectivity index (χ1) is 12.6. The number of hydrogen-bond acceptors (Lipinski definition) is 4. The average Bonchev–Trinajstić information content (AvgIpc) is 3.09. The topological polar surface area (TPSA) is 63.8 Å². The second-order valence-corrected chi connectivity index (χ2v) is 5.69. The molecule has 1 heterocycles. The van der Waals surface area contributed by atoms with E-state index >= 15 is 0 Å². The van der Waals surface area contributed by atoms with Crippen molar-refractivity contribution < 1.29 is 18.3 Å². The zero-order valence-electron chi connectivity index (χ0n) is 13.5. The second kappa shape index (κ2) is 8.31. The highest BCUT2D eigenvalue weighted by molar-refractivity contribution is 6.30. The minimum Gasteiger partial charge on any atom is -0.484 e. The molecule has 3 rings (SSSR count). The molecule has 0 aliphatic heterocycles. The first kappa shape index (κ1) is 17.7. The van der Waals surface area contributed by atoms with Crippen LogP contribution in [-0.2, 0) is 4.79 Å². The van der Waals surface area contributed by atoms with Crippen LogP contribution in [-0.4, -0.2) is 18.7 Å². The van der Waals surface area contributed by atoms with Crippen LogP contribution in [0.5, 0.6) is 5.75 Å². The third-order valence-corrected chi connectivity index (χ3v) is 3.52. The number of carbonyl (C=O) groups excluding carboxylic acids is 1. The summed E-state index contributed by atoms with van der Waals surface area (Å²) < 4.78 is 24.1. The Bertz CT molecular complexity index is 940. The van der Waals surface area contributed by atoms with Crippen molar-refractivity contribution in [3.63, 3.8) is 0 Å². The van der Waals surface area contributed by atoms with Gasteiger partial charge < -0.3 is 9.15 Å². The Morgan fingerprint density at radius 1 is 1.19 bits per heavy atom. The number of hydrogen-bond donors (Lipinski definition) is 1. The molecule has 0 aliphatic carbocycles. The molecule has 7 heteroatoms. The van der Waals surface area contributed by atoms with E-state index in [0.717, 1.165) is 0 Å². The SMILES string of the molecule is O=C(COc1cccc(Cl)c1)N/N=C/c1ccc(-c2cccc(F)c2)o1. The molecule has 26 heavy (non-hydrogen) atoms. The molecule has 0 aliphatic rings. The maximum absolute atomic E-state index is 13.2. The molecule has 3 aromatic rings. The molecule has 2 aromatic carbocycles. The third kappa shape index (κ3) is 4.94. The number of amides is 1. The number of carbonyl (C=O) groups is 1. The van der Waals surface area contributed by atoms with Crippen molar-refractivity contribution in [1.29, 1.82) is 0 Å². The van der Waals surface area contributed by atoms with E-state index in [9.17, 15) is 9.18 Å². The Hall–Kier alpha value is -3.12. The Balaban J connectivity index is 1.51. The van der Waals surface area contributed by atoms with Gasteiger partial charge in [0.25, 0.3) is 5.91 Å². The molecule has 0 bridgehead atoms. The third-order valence-electron chi connectivity index (χ3n) is 3.28. The van der Waals surface area contributed by atoms with Gasteiger partial charge in [-0.25, -0.2) is 9.82 Å². The highest BCUT2D eigenvalue weighted by atomic mass is 35.5. The van der Waals surface area contributed by atoms with Crippen LogP contribution in [0.2, 0.25) is 5.02 Å².